The van der Waals surface area contributed by atoms with Crippen molar-refractivity contribution in [3.05, 3.63) is 69.8 Å². The van der Waals surface area contributed by atoms with Gasteiger partial charge >= 0.3 is 11.9 Å². The molecule has 4 nitrogen and oxygen atoms in total. The molecular weight excluding hydrogens is 484 g/mol. The van der Waals surface area contributed by atoms with Crippen LogP contribution in [-0.4, -0.2) is 11.9 Å². The Bertz CT molecular complexity index is 1140. The number of rotatable bonds is 12. The second kappa shape index (κ2) is 12.5. The van der Waals surface area contributed by atoms with Crippen molar-refractivity contribution in [1.82, 2.24) is 0 Å². The molecule has 2 atom stereocenters. The number of ether oxygens (including phenoxy) is 2. The Labute approximate surface area is 235 Å². The van der Waals surface area contributed by atoms with Gasteiger partial charge in [0, 0.05) is 0 Å². The van der Waals surface area contributed by atoms with Crippen LogP contribution in [0.15, 0.2) is 47.5 Å². The first-order valence-electron chi connectivity index (χ1n) is 15.2. The Balaban J connectivity index is 1.63. The molecule has 2 unspecified atom stereocenters. The van der Waals surface area contributed by atoms with E-state index in [9.17, 15) is 9.59 Å². The Hall–Kier alpha value is -2.88. The zero-order valence-corrected chi connectivity index (χ0v) is 24.8. The molecule has 0 aliphatic heterocycles. The quantitative estimate of drug-likeness (QED) is 0.204. The molecule has 4 rings (SSSR count). The summed E-state index contributed by atoms with van der Waals surface area (Å²) < 4.78 is 12.0. The van der Waals surface area contributed by atoms with E-state index >= 15 is 0 Å². The number of hydrogen-bond acceptors (Lipinski definition) is 4. The number of benzene rings is 2. The van der Waals surface area contributed by atoms with Gasteiger partial charge in [0.05, 0.1) is 11.1 Å². The topological polar surface area (TPSA) is 52.6 Å². The van der Waals surface area contributed by atoms with Crippen molar-refractivity contribution >= 4 is 11.9 Å². The summed E-state index contributed by atoms with van der Waals surface area (Å²) in [6.45, 7) is 13.0. The molecule has 2 aromatic rings. The molecule has 0 N–H and O–H groups in total. The van der Waals surface area contributed by atoms with E-state index in [0.29, 0.717) is 22.6 Å². The Morgan fingerprint density at radius 3 is 1.36 bits per heavy atom. The molecular formula is C35H46O4. The van der Waals surface area contributed by atoms with Crippen LogP contribution in [0, 0.1) is 17.3 Å². The highest BCUT2D eigenvalue weighted by Gasteiger charge is 2.57. The first-order valence-corrected chi connectivity index (χ1v) is 15.2. The van der Waals surface area contributed by atoms with Crippen molar-refractivity contribution in [3.63, 3.8) is 0 Å². The van der Waals surface area contributed by atoms with Crippen LogP contribution in [-0.2, 0) is 35.3 Å². The van der Waals surface area contributed by atoms with Crippen LogP contribution in [0.1, 0.15) is 102 Å². The predicted molar refractivity (Wildman–Crippen MR) is 157 cm³/mol. The van der Waals surface area contributed by atoms with Gasteiger partial charge in [-0.05, 0) is 102 Å². The molecule has 210 valence electrons. The summed E-state index contributed by atoms with van der Waals surface area (Å²) in [7, 11) is 0. The van der Waals surface area contributed by atoms with Crippen molar-refractivity contribution in [2.75, 3.05) is 0 Å². The molecule has 0 saturated heterocycles. The summed E-state index contributed by atoms with van der Waals surface area (Å²) in [6.07, 6.45) is 9.94. The smallest absolute Gasteiger partial charge is 0.340 e. The first kappa shape index (κ1) is 29.1. The van der Waals surface area contributed by atoms with Crippen LogP contribution in [0.5, 0.6) is 11.5 Å². The second-order valence-corrected chi connectivity index (χ2v) is 12.0. The standard InChI is InChI=1S/C35H46O4/c1-7-11-23-15-17-27(21-25(23)13-9-3)38-33(36)31-29-19-20-30(35(29,5)6)32(31)34(37)39-28-18-16-24(12-8-2)26(22-28)14-10-4/h15-18,21-22,29-30H,7-14,19-20H2,1-6H3. The van der Waals surface area contributed by atoms with E-state index in [-0.39, 0.29) is 17.3 Å². The fourth-order valence-electron chi connectivity index (χ4n) is 6.92. The fraction of sp³-hybridized carbons (Fsp3) is 0.543. The first-order chi connectivity index (χ1) is 18.7. The van der Waals surface area contributed by atoms with Gasteiger partial charge in [-0.1, -0.05) is 79.4 Å². The highest BCUT2D eigenvalue weighted by molar-refractivity contribution is 6.04. The van der Waals surface area contributed by atoms with Crippen molar-refractivity contribution in [2.24, 2.45) is 17.3 Å². The maximum atomic E-state index is 13.7. The normalized spacial score (nSPS) is 19.4. The van der Waals surface area contributed by atoms with Gasteiger partial charge in [-0.3, -0.25) is 0 Å². The van der Waals surface area contributed by atoms with Gasteiger partial charge in [0.2, 0.25) is 0 Å². The van der Waals surface area contributed by atoms with Gasteiger partial charge in [-0.15, -0.1) is 0 Å². The molecule has 0 radical (unpaired) electrons. The average Bonchev–Trinajstić information content (AvgIpc) is 3.32. The van der Waals surface area contributed by atoms with Crippen molar-refractivity contribution in [3.8, 4) is 11.5 Å². The Morgan fingerprint density at radius 1 is 0.641 bits per heavy atom. The third-order valence-electron chi connectivity index (χ3n) is 8.82. The highest BCUT2D eigenvalue weighted by atomic mass is 16.5. The predicted octanol–water partition coefficient (Wildman–Crippen LogP) is 8.37. The zero-order chi connectivity index (χ0) is 28.2. The van der Waals surface area contributed by atoms with Crippen LogP contribution in [0.25, 0.3) is 0 Å². The van der Waals surface area contributed by atoms with Gasteiger partial charge < -0.3 is 9.47 Å². The number of esters is 2. The third-order valence-corrected chi connectivity index (χ3v) is 8.82. The molecule has 2 aliphatic rings. The lowest BCUT2D eigenvalue weighted by molar-refractivity contribution is -0.133. The molecule has 0 spiro atoms. The summed E-state index contributed by atoms with van der Waals surface area (Å²) in [5.41, 5.74) is 5.97. The molecule has 39 heavy (non-hydrogen) atoms. The molecule has 4 heteroatoms. The molecule has 1 fully saturated rings. The van der Waals surface area contributed by atoms with Crippen LogP contribution in [0.3, 0.4) is 0 Å². The molecule has 2 aromatic carbocycles. The minimum absolute atomic E-state index is 0.00499. The van der Waals surface area contributed by atoms with Crippen LogP contribution in [0.2, 0.25) is 0 Å². The molecule has 0 aromatic heterocycles. The van der Waals surface area contributed by atoms with Crippen LogP contribution in [0.4, 0.5) is 0 Å². The van der Waals surface area contributed by atoms with Crippen molar-refractivity contribution in [1.29, 1.82) is 0 Å². The average molecular weight is 531 g/mol. The number of carbonyl (C=O) groups is 2. The minimum atomic E-state index is -0.405. The van der Waals surface area contributed by atoms with Gasteiger partial charge in [-0.25, -0.2) is 9.59 Å². The van der Waals surface area contributed by atoms with E-state index in [2.05, 4.69) is 53.7 Å². The monoisotopic (exact) mass is 530 g/mol. The van der Waals surface area contributed by atoms with Crippen molar-refractivity contribution in [2.45, 2.75) is 106 Å². The van der Waals surface area contributed by atoms with E-state index in [1.54, 1.807) is 0 Å². The summed E-state index contributed by atoms with van der Waals surface area (Å²) in [5, 5.41) is 0. The minimum Gasteiger partial charge on any atom is -0.423 e. The van der Waals surface area contributed by atoms with Crippen LogP contribution < -0.4 is 9.47 Å². The van der Waals surface area contributed by atoms with Crippen LogP contribution >= 0.6 is 0 Å². The van der Waals surface area contributed by atoms with Gasteiger partial charge in [0.15, 0.2) is 0 Å². The van der Waals surface area contributed by atoms with E-state index in [4.69, 9.17) is 9.47 Å². The molecule has 2 bridgehead atoms. The van der Waals surface area contributed by atoms with E-state index < -0.39 is 11.9 Å². The molecule has 2 aliphatic carbocycles. The number of hydrogen-bond donors (Lipinski definition) is 0. The lowest BCUT2D eigenvalue weighted by Crippen LogP contribution is -2.24. The maximum Gasteiger partial charge on any atom is 0.340 e. The van der Waals surface area contributed by atoms with Gasteiger partial charge in [-0.2, -0.15) is 0 Å². The maximum absolute atomic E-state index is 13.7. The number of fused-ring (bicyclic) bond motifs is 2. The molecule has 0 amide bonds. The number of aryl methyl sites for hydroxylation is 4. The molecule has 0 heterocycles. The Morgan fingerprint density at radius 2 is 1.00 bits per heavy atom. The lowest BCUT2D eigenvalue weighted by Gasteiger charge is -2.25. The largest absolute Gasteiger partial charge is 0.423 e. The SMILES string of the molecule is CCCc1ccc(OC(=O)C2=C(C(=O)Oc3ccc(CCC)c(CCC)c3)C3CCC2C3(C)C)cc1CCC. The summed E-state index contributed by atoms with van der Waals surface area (Å²) in [4.78, 5) is 27.4. The van der Waals surface area contributed by atoms with E-state index in [1.165, 1.54) is 22.3 Å². The molecule has 1 saturated carbocycles. The summed E-state index contributed by atoms with van der Waals surface area (Å²) in [5.74, 6) is 0.291. The summed E-state index contributed by atoms with van der Waals surface area (Å²) in [6, 6.07) is 12.0. The number of carbonyl (C=O) groups excluding carboxylic acids is 2. The van der Waals surface area contributed by atoms with E-state index in [1.807, 2.05) is 24.3 Å². The van der Waals surface area contributed by atoms with Gasteiger partial charge in [0.25, 0.3) is 0 Å². The highest BCUT2D eigenvalue weighted by Crippen LogP contribution is 2.60. The van der Waals surface area contributed by atoms with Gasteiger partial charge in [0.1, 0.15) is 11.5 Å². The van der Waals surface area contributed by atoms with E-state index in [0.717, 1.165) is 64.2 Å². The summed E-state index contributed by atoms with van der Waals surface area (Å²) >= 11 is 0. The lowest BCUT2D eigenvalue weighted by atomic mass is 9.79. The van der Waals surface area contributed by atoms with Crippen molar-refractivity contribution < 1.29 is 19.1 Å². The fourth-order valence-corrected chi connectivity index (χ4v) is 6.92. The Kier molecular flexibility index (Phi) is 9.35. The second-order valence-electron chi connectivity index (χ2n) is 12.0. The zero-order valence-electron chi connectivity index (χ0n) is 24.8. The third kappa shape index (κ3) is 6.00.